The predicted octanol–water partition coefficient (Wildman–Crippen LogP) is 5.15. The lowest BCUT2D eigenvalue weighted by molar-refractivity contribution is 0.0939. The van der Waals surface area contributed by atoms with Crippen molar-refractivity contribution in [3.8, 4) is 11.1 Å². The third-order valence-corrected chi connectivity index (χ3v) is 4.26. The van der Waals surface area contributed by atoms with Gasteiger partial charge in [-0.05, 0) is 42.2 Å². The number of carbonyl (C=O) groups excluding carboxylic acids is 1. The minimum Gasteiger partial charge on any atom is -0.346 e. The molecule has 0 aromatic heterocycles. The van der Waals surface area contributed by atoms with Crippen LogP contribution in [0.15, 0.2) is 78.9 Å². The highest BCUT2D eigenvalue weighted by molar-refractivity contribution is 5.95. The average molecular weight is 315 g/mol. The Morgan fingerprint density at radius 1 is 0.792 bits per heavy atom. The highest BCUT2D eigenvalue weighted by atomic mass is 16.1. The lowest BCUT2D eigenvalue weighted by atomic mass is 10.0. The average Bonchev–Trinajstić information content (AvgIpc) is 2.63. The molecule has 0 aliphatic rings. The second-order valence-corrected chi connectivity index (χ2v) is 6.00. The molecule has 2 nitrogen and oxygen atoms in total. The van der Waals surface area contributed by atoms with E-state index in [4.69, 9.17) is 0 Å². The van der Waals surface area contributed by atoms with Gasteiger partial charge in [-0.25, -0.2) is 0 Å². The number of amides is 1. The molecule has 3 aromatic carbocycles. The van der Waals surface area contributed by atoms with Crippen LogP contribution in [0, 0.1) is 6.92 Å². The Kier molecular flexibility index (Phi) is 4.76. The number of carbonyl (C=O) groups is 1. The summed E-state index contributed by atoms with van der Waals surface area (Å²) in [5.74, 6) is -0.0345. The number of hydrogen-bond donors (Lipinski definition) is 1. The maximum atomic E-state index is 12.4. The molecule has 2 heteroatoms. The topological polar surface area (TPSA) is 29.1 Å². The van der Waals surface area contributed by atoms with Crippen molar-refractivity contribution in [1.82, 2.24) is 5.32 Å². The maximum absolute atomic E-state index is 12.4. The molecule has 1 amide bonds. The van der Waals surface area contributed by atoms with Crippen molar-refractivity contribution in [1.29, 1.82) is 0 Å². The smallest absolute Gasteiger partial charge is 0.252 e. The summed E-state index contributed by atoms with van der Waals surface area (Å²) in [7, 11) is 0. The van der Waals surface area contributed by atoms with Crippen LogP contribution < -0.4 is 5.32 Å². The second-order valence-electron chi connectivity index (χ2n) is 6.00. The lowest BCUT2D eigenvalue weighted by Gasteiger charge is -2.16. The molecular formula is C22H21NO. The molecule has 0 bridgehead atoms. The Labute approximate surface area is 143 Å². The van der Waals surface area contributed by atoms with Gasteiger partial charge >= 0.3 is 0 Å². The minimum atomic E-state index is -0.0399. The van der Waals surface area contributed by atoms with E-state index in [-0.39, 0.29) is 11.9 Å². The van der Waals surface area contributed by atoms with Crippen LogP contribution in [0.25, 0.3) is 11.1 Å². The van der Waals surface area contributed by atoms with E-state index in [0.717, 1.165) is 16.7 Å². The standard InChI is InChI=1S/C22H21NO/c1-16-8-6-7-11-21(16)22(24)23-17(2)18-12-14-20(15-13-18)19-9-4-3-5-10-19/h3-15,17H,1-2H3,(H,23,24)/t17-/m1/s1. The summed E-state index contributed by atoms with van der Waals surface area (Å²) in [5.41, 5.74) is 5.18. The summed E-state index contributed by atoms with van der Waals surface area (Å²) in [6.45, 7) is 3.96. The Hall–Kier alpha value is -2.87. The molecular weight excluding hydrogens is 294 g/mol. The van der Waals surface area contributed by atoms with Crippen LogP contribution in [-0.2, 0) is 0 Å². The number of benzene rings is 3. The zero-order chi connectivity index (χ0) is 16.9. The summed E-state index contributed by atoms with van der Waals surface area (Å²) >= 11 is 0. The summed E-state index contributed by atoms with van der Waals surface area (Å²) in [4.78, 5) is 12.4. The Morgan fingerprint density at radius 3 is 2.04 bits per heavy atom. The fourth-order valence-corrected chi connectivity index (χ4v) is 2.78. The second kappa shape index (κ2) is 7.14. The maximum Gasteiger partial charge on any atom is 0.252 e. The van der Waals surface area contributed by atoms with Crippen LogP contribution in [0.3, 0.4) is 0 Å². The van der Waals surface area contributed by atoms with Gasteiger partial charge in [-0.15, -0.1) is 0 Å². The van der Waals surface area contributed by atoms with Gasteiger partial charge in [0, 0.05) is 5.56 Å². The molecule has 120 valence electrons. The first-order valence-electron chi connectivity index (χ1n) is 8.17. The molecule has 0 fully saturated rings. The Balaban J connectivity index is 1.73. The molecule has 24 heavy (non-hydrogen) atoms. The SMILES string of the molecule is Cc1ccccc1C(=O)N[C@H](C)c1ccc(-c2ccccc2)cc1. The van der Waals surface area contributed by atoms with Crippen LogP contribution in [0.1, 0.15) is 34.5 Å². The third-order valence-electron chi connectivity index (χ3n) is 4.26. The zero-order valence-electron chi connectivity index (χ0n) is 14.0. The van der Waals surface area contributed by atoms with E-state index in [0.29, 0.717) is 0 Å². The summed E-state index contributed by atoms with van der Waals surface area (Å²) in [6, 6.07) is 26.2. The van der Waals surface area contributed by atoms with E-state index < -0.39 is 0 Å². The van der Waals surface area contributed by atoms with Crippen LogP contribution >= 0.6 is 0 Å². The highest BCUT2D eigenvalue weighted by Crippen LogP contribution is 2.22. The highest BCUT2D eigenvalue weighted by Gasteiger charge is 2.13. The number of aryl methyl sites for hydroxylation is 1. The van der Waals surface area contributed by atoms with E-state index in [1.54, 1.807) is 0 Å². The molecule has 0 unspecified atom stereocenters. The number of hydrogen-bond acceptors (Lipinski definition) is 1. The predicted molar refractivity (Wildman–Crippen MR) is 98.9 cm³/mol. The summed E-state index contributed by atoms with van der Waals surface area (Å²) < 4.78 is 0. The fourth-order valence-electron chi connectivity index (χ4n) is 2.78. The van der Waals surface area contributed by atoms with Crippen molar-refractivity contribution in [3.63, 3.8) is 0 Å². The molecule has 3 aromatic rings. The van der Waals surface area contributed by atoms with Crippen LogP contribution in [0.2, 0.25) is 0 Å². The van der Waals surface area contributed by atoms with Gasteiger partial charge in [0.1, 0.15) is 0 Å². The molecule has 0 aliphatic heterocycles. The van der Waals surface area contributed by atoms with Crippen LogP contribution in [0.5, 0.6) is 0 Å². The Morgan fingerprint density at radius 2 is 1.38 bits per heavy atom. The van der Waals surface area contributed by atoms with Gasteiger partial charge in [0.15, 0.2) is 0 Å². The molecule has 1 N–H and O–H groups in total. The van der Waals surface area contributed by atoms with Crippen molar-refractivity contribution in [3.05, 3.63) is 95.6 Å². The van der Waals surface area contributed by atoms with Crippen LogP contribution in [-0.4, -0.2) is 5.91 Å². The molecule has 1 atom stereocenters. The van der Waals surface area contributed by atoms with E-state index >= 15 is 0 Å². The van der Waals surface area contributed by atoms with E-state index in [9.17, 15) is 4.79 Å². The van der Waals surface area contributed by atoms with Gasteiger partial charge in [-0.3, -0.25) is 4.79 Å². The molecule has 0 saturated heterocycles. The van der Waals surface area contributed by atoms with Crippen molar-refractivity contribution < 1.29 is 4.79 Å². The molecule has 0 saturated carbocycles. The molecule has 0 heterocycles. The molecule has 0 spiro atoms. The van der Waals surface area contributed by atoms with E-state index in [2.05, 4.69) is 41.7 Å². The first kappa shape index (κ1) is 16.0. The van der Waals surface area contributed by atoms with Crippen molar-refractivity contribution in [2.45, 2.75) is 19.9 Å². The normalized spacial score (nSPS) is 11.8. The first-order valence-corrected chi connectivity index (χ1v) is 8.17. The largest absolute Gasteiger partial charge is 0.346 e. The van der Waals surface area contributed by atoms with Gasteiger partial charge in [0.05, 0.1) is 6.04 Å². The van der Waals surface area contributed by atoms with Gasteiger partial charge in [-0.1, -0.05) is 72.8 Å². The van der Waals surface area contributed by atoms with E-state index in [1.807, 2.05) is 56.3 Å². The quantitative estimate of drug-likeness (QED) is 0.708. The van der Waals surface area contributed by atoms with Crippen molar-refractivity contribution >= 4 is 5.91 Å². The van der Waals surface area contributed by atoms with Gasteiger partial charge in [0.25, 0.3) is 5.91 Å². The fraction of sp³-hybridized carbons (Fsp3) is 0.136. The number of rotatable bonds is 4. The van der Waals surface area contributed by atoms with Crippen molar-refractivity contribution in [2.75, 3.05) is 0 Å². The third kappa shape index (κ3) is 3.54. The molecule has 3 rings (SSSR count). The van der Waals surface area contributed by atoms with E-state index in [1.165, 1.54) is 11.1 Å². The van der Waals surface area contributed by atoms with Crippen LogP contribution in [0.4, 0.5) is 0 Å². The van der Waals surface area contributed by atoms with Gasteiger partial charge < -0.3 is 5.32 Å². The van der Waals surface area contributed by atoms with Crippen molar-refractivity contribution in [2.24, 2.45) is 0 Å². The lowest BCUT2D eigenvalue weighted by Crippen LogP contribution is -2.27. The first-order chi connectivity index (χ1) is 11.6. The molecule has 0 aliphatic carbocycles. The zero-order valence-corrected chi connectivity index (χ0v) is 14.0. The van der Waals surface area contributed by atoms with Gasteiger partial charge in [0.2, 0.25) is 0 Å². The summed E-state index contributed by atoms with van der Waals surface area (Å²) in [6.07, 6.45) is 0. The summed E-state index contributed by atoms with van der Waals surface area (Å²) in [5, 5.41) is 3.07. The van der Waals surface area contributed by atoms with Gasteiger partial charge in [-0.2, -0.15) is 0 Å². The minimum absolute atomic E-state index is 0.0345. The molecule has 0 radical (unpaired) electrons. The Bertz CT molecular complexity index is 822. The number of nitrogens with one attached hydrogen (secondary N) is 1. The monoisotopic (exact) mass is 315 g/mol.